The van der Waals surface area contributed by atoms with Gasteiger partial charge in [-0.3, -0.25) is 9.59 Å². The molecule has 1 aromatic heterocycles. The molecule has 0 N–H and O–H groups in total. The number of rotatable bonds is 6. The van der Waals surface area contributed by atoms with Crippen molar-refractivity contribution in [3.63, 3.8) is 0 Å². The summed E-state index contributed by atoms with van der Waals surface area (Å²) in [6.07, 6.45) is 0.767. The third kappa shape index (κ3) is 3.52. The van der Waals surface area contributed by atoms with Crippen molar-refractivity contribution in [1.82, 2.24) is 0 Å². The van der Waals surface area contributed by atoms with Gasteiger partial charge in [-0.15, -0.1) is 11.3 Å². The van der Waals surface area contributed by atoms with Crippen LogP contribution in [0.4, 0.5) is 0 Å². The average molecular weight is 402 g/mol. The lowest BCUT2D eigenvalue weighted by atomic mass is 9.97. The lowest BCUT2D eigenvalue weighted by Gasteiger charge is -2.07. The van der Waals surface area contributed by atoms with Crippen LogP contribution in [0.1, 0.15) is 26.3 Å². The van der Waals surface area contributed by atoms with Crippen LogP contribution in [0, 0.1) is 0 Å². The Balaban J connectivity index is 1.91. The normalized spacial score (nSPS) is 10.7. The average Bonchev–Trinajstić information content (AvgIpc) is 3.17. The highest BCUT2D eigenvalue weighted by Crippen LogP contribution is 2.41. The van der Waals surface area contributed by atoms with Gasteiger partial charge in [0.1, 0.15) is 17.8 Å². The van der Waals surface area contributed by atoms with E-state index in [1.165, 1.54) is 0 Å². The van der Waals surface area contributed by atoms with E-state index in [0.717, 1.165) is 38.3 Å². The van der Waals surface area contributed by atoms with Gasteiger partial charge in [0, 0.05) is 31.7 Å². The molecule has 0 unspecified atom stereocenters. The number of hydrogen-bond acceptors (Lipinski definition) is 5. The molecule has 0 radical (unpaired) electrons. The molecule has 3 aromatic carbocycles. The van der Waals surface area contributed by atoms with Crippen LogP contribution in [0.3, 0.4) is 0 Å². The van der Waals surface area contributed by atoms with Crippen molar-refractivity contribution in [1.29, 1.82) is 0 Å². The summed E-state index contributed by atoms with van der Waals surface area (Å²) < 4.78 is 11.6. The molecule has 0 bridgehead atoms. The van der Waals surface area contributed by atoms with Crippen LogP contribution in [-0.2, 0) is 0 Å². The zero-order valence-electron chi connectivity index (χ0n) is 16.0. The second-order valence-corrected chi connectivity index (χ2v) is 7.52. The molecule has 0 fully saturated rings. The third-order valence-electron chi connectivity index (χ3n) is 4.79. The van der Waals surface area contributed by atoms with Gasteiger partial charge < -0.3 is 9.47 Å². The number of ketones is 1. The van der Waals surface area contributed by atoms with Crippen LogP contribution in [0.2, 0.25) is 0 Å². The number of thiophene rings is 1. The van der Waals surface area contributed by atoms with Gasteiger partial charge in [0.2, 0.25) is 0 Å². The first-order chi connectivity index (χ1) is 14.1. The van der Waals surface area contributed by atoms with E-state index in [1.807, 2.05) is 42.5 Å². The molecule has 144 valence electrons. The van der Waals surface area contributed by atoms with Gasteiger partial charge in [-0.2, -0.15) is 0 Å². The van der Waals surface area contributed by atoms with Crippen LogP contribution in [-0.4, -0.2) is 26.3 Å². The Kier molecular flexibility index (Phi) is 5.14. The number of hydrogen-bond donors (Lipinski definition) is 0. The molecule has 0 saturated carbocycles. The van der Waals surface area contributed by atoms with E-state index in [9.17, 15) is 9.59 Å². The number of benzene rings is 3. The Labute approximate surface area is 172 Å². The number of carbonyl (C=O) groups excluding carboxylic acids is 2. The van der Waals surface area contributed by atoms with Crippen LogP contribution in [0.5, 0.6) is 11.5 Å². The maximum Gasteiger partial charge on any atom is 0.195 e. The van der Waals surface area contributed by atoms with Crippen molar-refractivity contribution >= 4 is 33.5 Å². The second-order valence-electron chi connectivity index (χ2n) is 6.47. The maximum absolute atomic E-state index is 13.5. The van der Waals surface area contributed by atoms with E-state index in [4.69, 9.17) is 9.47 Å². The highest BCUT2D eigenvalue weighted by Gasteiger charge is 2.22. The van der Waals surface area contributed by atoms with Crippen LogP contribution < -0.4 is 9.47 Å². The molecule has 29 heavy (non-hydrogen) atoms. The van der Waals surface area contributed by atoms with E-state index in [1.54, 1.807) is 49.8 Å². The minimum absolute atomic E-state index is 0.0790. The Morgan fingerprint density at radius 3 is 2.14 bits per heavy atom. The van der Waals surface area contributed by atoms with Gasteiger partial charge in [-0.25, -0.2) is 0 Å². The fourth-order valence-electron chi connectivity index (χ4n) is 3.23. The van der Waals surface area contributed by atoms with Gasteiger partial charge >= 0.3 is 0 Å². The van der Waals surface area contributed by atoms with Crippen LogP contribution in [0.15, 0.2) is 66.7 Å². The van der Waals surface area contributed by atoms with Crippen LogP contribution >= 0.6 is 11.3 Å². The van der Waals surface area contributed by atoms with E-state index in [-0.39, 0.29) is 5.78 Å². The number of ether oxygens (including phenoxy) is 2. The Bertz CT molecular complexity index is 1190. The van der Waals surface area contributed by atoms with E-state index in [0.29, 0.717) is 16.7 Å². The highest BCUT2D eigenvalue weighted by atomic mass is 32.1. The standard InChI is InChI=1S/C24H18O4S/c1-27-18-9-7-17(8-10-18)24-22(20-12-11-19(28-2)13-21(20)29-24)23(26)16-5-3-15(14-25)4-6-16/h3-14H,1-2H3. The van der Waals surface area contributed by atoms with Crippen molar-refractivity contribution < 1.29 is 19.1 Å². The second kappa shape index (κ2) is 7.89. The molecule has 1 heterocycles. The molecule has 0 amide bonds. The summed E-state index contributed by atoms with van der Waals surface area (Å²) in [6.45, 7) is 0. The minimum atomic E-state index is -0.0790. The van der Waals surface area contributed by atoms with Crippen LogP contribution in [0.25, 0.3) is 20.5 Å². The first kappa shape index (κ1) is 18.9. The number of methoxy groups -OCH3 is 2. The molecule has 0 atom stereocenters. The molecular formula is C24H18O4S. The molecule has 0 saturated heterocycles. The molecule has 4 aromatic rings. The van der Waals surface area contributed by atoms with Crippen molar-refractivity contribution in [2.24, 2.45) is 0 Å². The van der Waals surface area contributed by atoms with Gasteiger partial charge in [0.15, 0.2) is 5.78 Å². The SMILES string of the molecule is COc1ccc(-c2sc3cc(OC)ccc3c2C(=O)c2ccc(C=O)cc2)cc1. The Hall–Kier alpha value is -3.44. The first-order valence-electron chi connectivity index (χ1n) is 8.99. The quantitative estimate of drug-likeness (QED) is 0.310. The summed E-state index contributed by atoms with van der Waals surface area (Å²) in [5.74, 6) is 1.42. The molecule has 4 nitrogen and oxygen atoms in total. The fourth-order valence-corrected chi connectivity index (χ4v) is 4.47. The first-order valence-corrected chi connectivity index (χ1v) is 9.81. The molecular weight excluding hydrogens is 384 g/mol. The topological polar surface area (TPSA) is 52.6 Å². The van der Waals surface area contributed by atoms with Gasteiger partial charge in [0.05, 0.1) is 14.2 Å². The van der Waals surface area contributed by atoms with E-state index < -0.39 is 0 Å². The summed E-state index contributed by atoms with van der Waals surface area (Å²) in [5.41, 5.74) is 2.67. The predicted molar refractivity (Wildman–Crippen MR) is 116 cm³/mol. The lowest BCUT2D eigenvalue weighted by Crippen LogP contribution is -2.02. The fraction of sp³-hybridized carbons (Fsp3) is 0.0833. The highest BCUT2D eigenvalue weighted by molar-refractivity contribution is 7.22. The molecule has 0 aliphatic carbocycles. The number of fused-ring (bicyclic) bond motifs is 1. The Morgan fingerprint density at radius 2 is 1.52 bits per heavy atom. The Morgan fingerprint density at radius 1 is 0.862 bits per heavy atom. The monoisotopic (exact) mass is 402 g/mol. The van der Waals surface area contributed by atoms with Crippen molar-refractivity contribution in [2.45, 2.75) is 0 Å². The number of carbonyl (C=O) groups is 2. The van der Waals surface area contributed by atoms with E-state index >= 15 is 0 Å². The van der Waals surface area contributed by atoms with Crippen molar-refractivity contribution in [3.05, 3.63) is 83.4 Å². The zero-order chi connectivity index (χ0) is 20.4. The number of aldehydes is 1. The third-order valence-corrected chi connectivity index (χ3v) is 5.99. The maximum atomic E-state index is 13.5. The summed E-state index contributed by atoms with van der Waals surface area (Å²) in [5, 5.41) is 0.881. The summed E-state index contributed by atoms with van der Waals surface area (Å²) in [6, 6.07) is 20.1. The zero-order valence-corrected chi connectivity index (χ0v) is 16.8. The molecule has 0 aliphatic heterocycles. The molecule has 0 spiro atoms. The summed E-state index contributed by atoms with van der Waals surface area (Å²) in [7, 11) is 3.25. The van der Waals surface area contributed by atoms with Crippen molar-refractivity contribution in [2.75, 3.05) is 14.2 Å². The van der Waals surface area contributed by atoms with E-state index in [2.05, 4.69) is 0 Å². The lowest BCUT2D eigenvalue weighted by molar-refractivity contribution is 0.103. The minimum Gasteiger partial charge on any atom is -0.497 e. The predicted octanol–water partition coefficient (Wildman–Crippen LogP) is 5.63. The van der Waals surface area contributed by atoms with Gasteiger partial charge in [-0.05, 0) is 48.0 Å². The largest absolute Gasteiger partial charge is 0.497 e. The summed E-state index contributed by atoms with van der Waals surface area (Å²) >= 11 is 1.55. The van der Waals surface area contributed by atoms with Gasteiger partial charge in [-0.1, -0.05) is 24.3 Å². The molecule has 5 heteroatoms. The molecule has 0 aliphatic rings. The molecule has 4 rings (SSSR count). The van der Waals surface area contributed by atoms with Crippen molar-refractivity contribution in [3.8, 4) is 21.9 Å². The summed E-state index contributed by atoms with van der Waals surface area (Å²) in [4.78, 5) is 25.3. The van der Waals surface area contributed by atoms with Gasteiger partial charge in [0.25, 0.3) is 0 Å². The smallest absolute Gasteiger partial charge is 0.195 e.